The Kier molecular flexibility index (Phi) is 4.16. The maximum absolute atomic E-state index is 9.86. The maximum Gasteiger partial charge on any atom is 0.0632 e. The van der Waals surface area contributed by atoms with Crippen LogP contribution in [0, 0.1) is 0 Å². The number of hydrogen-bond acceptors (Lipinski definition) is 3. The number of rotatable bonds is 3. The molecular weight excluding hydrogens is 164 g/mol. The Bertz CT molecular complexity index is 148. The minimum Gasteiger partial charge on any atom is -0.390 e. The van der Waals surface area contributed by atoms with E-state index in [2.05, 4.69) is 10.2 Å². The van der Waals surface area contributed by atoms with Crippen LogP contribution in [0.25, 0.3) is 0 Å². The third-order valence-corrected chi connectivity index (χ3v) is 2.83. The molecule has 1 aliphatic rings. The van der Waals surface area contributed by atoms with E-state index in [0.29, 0.717) is 0 Å². The van der Waals surface area contributed by atoms with Gasteiger partial charge in [0.2, 0.25) is 0 Å². The van der Waals surface area contributed by atoms with Crippen LogP contribution in [0.4, 0.5) is 0 Å². The van der Waals surface area contributed by atoms with Crippen molar-refractivity contribution in [1.82, 2.24) is 10.2 Å². The number of nitrogens with zero attached hydrogens (tertiary/aromatic N) is 1. The Morgan fingerprint density at radius 1 is 1.38 bits per heavy atom. The van der Waals surface area contributed by atoms with Gasteiger partial charge in [-0.2, -0.15) is 0 Å². The van der Waals surface area contributed by atoms with Gasteiger partial charge in [0.1, 0.15) is 0 Å². The van der Waals surface area contributed by atoms with Gasteiger partial charge in [0, 0.05) is 19.6 Å². The molecule has 1 saturated heterocycles. The molecule has 0 aromatic heterocycles. The zero-order valence-electron chi connectivity index (χ0n) is 8.84. The molecule has 1 rings (SSSR count). The molecule has 3 heteroatoms. The molecule has 0 saturated carbocycles. The van der Waals surface area contributed by atoms with E-state index in [4.69, 9.17) is 0 Å². The lowest BCUT2D eigenvalue weighted by Crippen LogP contribution is -2.33. The Balaban J connectivity index is 2.28. The van der Waals surface area contributed by atoms with E-state index in [1.807, 2.05) is 14.0 Å². The fourth-order valence-corrected chi connectivity index (χ4v) is 1.81. The van der Waals surface area contributed by atoms with Crippen molar-refractivity contribution in [3.63, 3.8) is 0 Å². The molecule has 0 spiro atoms. The standard InChI is InChI=1S/C10H22N2O/c1-10(13)4-3-7-12(8-5-10)9-6-11-2/h11,13H,3-9H2,1-2H3. The van der Waals surface area contributed by atoms with Gasteiger partial charge in [0.05, 0.1) is 5.60 Å². The Hall–Kier alpha value is -0.120. The Morgan fingerprint density at radius 2 is 2.15 bits per heavy atom. The second-order valence-electron chi connectivity index (χ2n) is 4.30. The highest BCUT2D eigenvalue weighted by Gasteiger charge is 2.24. The van der Waals surface area contributed by atoms with Crippen LogP contribution in [-0.4, -0.2) is 48.8 Å². The van der Waals surface area contributed by atoms with Crippen molar-refractivity contribution in [2.45, 2.75) is 31.8 Å². The number of likely N-dealkylation sites (tertiary alicyclic amines) is 1. The lowest BCUT2D eigenvalue weighted by molar-refractivity contribution is 0.0447. The summed E-state index contributed by atoms with van der Waals surface area (Å²) in [7, 11) is 1.98. The molecule has 1 atom stereocenters. The van der Waals surface area contributed by atoms with Crippen molar-refractivity contribution in [3.8, 4) is 0 Å². The van der Waals surface area contributed by atoms with E-state index in [0.717, 1.165) is 45.4 Å². The van der Waals surface area contributed by atoms with Gasteiger partial charge in [-0.3, -0.25) is 0 Å². The highest BCUT2D eigenvalue weighted by atomic mass is 16.3. The third-order valence-electron chi connectivity index (χ3n) is 2.83. The summed E-state index contributed by atoms with van der Waals surface area (Å²) in [6.45, 7) is 6.27. The topological polar surface area (TPSA) is 35.5 Å². The largest absolute Gasteiger partial charge is 0.390 e. The van der Waals surface area contributed by atoms with Crippen LogP contribution in [0.15, 0.2) is 0 Å². The summed E-state index contributed by atoms with van der Waals surface area (Å²) < 4.78 is 0. The zero-order valence-corrected chi connectivity index (χ0v) is 8.84. The van der Waals surface area contributed by atoms with Gasteiger partial charge < -0.3 is 15.3 Å². The van der Waals surface area contributed by atoms with Crippen molar-refractivity contribution >= 4 is 0 Å². The average Bonchev–Trinajstić information content (AvgIpc) is 2.23. The first-order chi connectivity index (χ1) is 6.14. The first-order valence-corrected chi connectivity index (χ1v) is 5.23. The zero-order chi connectivity index (χ0) is 9.73. The smallest absolute Gasteiger partial charge is 0.0632 e. The molecule has 0 amide bonds. The van der Waals surface area contributed by atoms with E-state index >= 15 is 0 Å². The number of hydrogen-bond donors (Lipinski definition) is 2. The second-order valence-corrected chi connectivity index (χ2v) is 4.30. The van der Waals surface area contributed by atoms with E-state index in [9.17, 15) is 5.11 Å². The van der Waals surface area contributed by atoms with Gasteiger partial charge in [-0.25, -0.2) is 0 Å². The van der Waals surface area contributed by atoms with Crippen LogP contribution in [0.3, 0.4) is 0 Å². The summed E-state index contributed by atoms with van der Waals surface area (Å²) in [5.41, 5.74) is -0.422. The van der Waals surface area contributed by atoms with Crippen LogP contribution < -0.4 is 5.32 Å². The highest BCUT2D eigenvalue weighted by molar-refractivity contribution is 4.79. The summed E-state index contributed by atoms with van der Waals surface area (Å²) in [6, 6.07) is 0. The Morgan fingerprint density at radius 3 is 2.85 bits per heavy atom. The molecule has 0 radical (unpaired) electrons. The summed E-state index contributed by atoms with van der Waals surface area (Å²) in [4.78, 5) is 2.43. The van der Waals surface area contributed by atoms with Crippen LogP contribution in [0.2, 0.25) is 0 Å². The number of aliphatic hydroxyl groups is 1. The predicted molar refractivity (Wildman–Crippen MR) is 54.8 cm³/mol. The second kappa shape index (κ2) is 4.94. The monoisotopic (exact) mass is 186 g/mol. The minimum absolute atomic E-state index is 0.422. The molecule has 0 aromatic rings. The van der Waals surface area contributed by atoms with E-state index < -0.39 is 5.60 Å². The van der Waals surface area contributed by atoms with Gasteiger partial charge in [-0.15, -0.1) is 0 Å². The molecule has 0 aliphatic carbocycles. The lowest BCUT2D eigenvalue weighted by Gasteiger charge is -2.22. The number of nitrogens with one attached hydrogen (secondary N) is 1. The third kappa shape index (κ3) is 4.07. The number of likely N-dealkylation sites (N-methyl/N-ethyl adjacent to an activating group) is 1. The van der Waals surface area contributed by atoms with Crippen LogP contribution in [-0.2, 0) is 0 Å². The van der Waals surface area contributed by atoms with Gasteiger partial charge in [-0.05, 0) is 39.8 Å². The molecule has 2 N–H and O–H groups in total. The fourth-order valence-electron chi connectivity index (χ4n) is 1.81. The highest BCUT2D eigenvalue weighted by Crippen LogP contribution is 2.20. The molecule has 1 fully saturated rings. The molecule has 78 valence electrons. The summed E-state index contributed by atoms with van der Waals surface area (Å²) in [6.07, 6.45) is 2.98. The van der Waals surface area contributed by atoms with Crippen LogP contribution in [0.5, 0.6) is 0 Å². The summed E-state index contributed by atoms with van der Waals surface area (Å²) >= 11 is 0. The maximum atomic E-state index is 9.86. The van der Waals surface area contributed by atoms with E-state index in [1.165, 1.54) is 0 Å². The van der Waals surface area contributed by atoms with Crippen LogP contribution >= 0.6 is 0 Å². The van der Waals surface area contributed by atoms with Crippen molar-refractivity contribution < 1.29 is 5.11 Å². The SMILES string of the molecule is CNCCN1CCCC(C)(O)CC1. The predicted octanol–water partition coefficient (Wildman–Crippen LogP) is 0.443. The van der Waals surface area contributed by atoms with Crippen molar-refractivity contribution in [2.75, 3.05) is 33.2 Å². The average molecular weight is 186 g/mol. The van der Waals surface area contributed by atoms with Gasteiger partial charge >= 0.3 is 0 Å². The normalized spacial score (nSPS) is 31.6. The quantitative estimate of drug-likeness (QED) is 0.671. The van der Waals surface area contributed by atoms with Crippen LogP contribution in [0.1, 0.15) is 26.2 Å². The van der Waals surface area contributed by atoms with Gasteiger partial charge in [0.15, 0.2) is 0 Å². The molecule has 1 aliphatic heterocycles. The minimum atomic E-state index is -0.422. The lowest BCUT2D eigenvalue weighted by atomic mass is 9.98. The first kappa shape index (κ1) is 11.0. The summed E-state index contributed by atoms with van der Waals surface area (Å²) in [5, 5.41) is 13.0. The van der Waals surface area contributed by atoms with Crippen molar-refractivity contribution in [2.24, 2.45) is 0 Å². The first-order valence-electron chi connectivity index (χ1n) is 5.23. The van der Waals surface area contributed by atoms with Gasteiger partial charge in [-0.1, -0.05) is 0 Å². The molecule has 3 nitrogen and oxygen atoms in total. The molecule has 0 bridgehead atoms. The molecule has 1 heterocycles. The van der Waals surface area contributed by atoms with Gasteiger partial charge in [0.25, 0.3) is 0 Å². The summed E-state index contributed by atoms with van der Waals surface area (Å²) in [5.74, 6) is 0. The molecule has 13 heavy (non-hydrogen) atoms. The fraction of sp³-hybridized carbons (Fsp3) is 1.00. The molecule has 0 aromatic carbocycles. The Labute approximate surface area is 81.1 Å². The van der Waals surface area contributed by atoms with E-state index in [1.54, 1.807) is 0 Å². The van der Waals surface area contributed by atoms with Crippen molar-refractivity contribution in [1.29, 1.82) is 0 Å². The molecule has 1 unspecified atom stereocenters. The van der Waals surface area contributed by atoms with Crippen molar-refractivity contribution in [3.05, 3.63) is 0 Å². The molecular formula is C10H22N2O. The van der Waals surface area contributed by atoms with E-state index in [-0.39, 0.29) is 0 Å².